The Balaban J connectivity index is 1.85. The normalized spacial score (nSPS) is 17.5. The number of benzene rings is 1. The lowest BCUT2D eigenvalue weighted by Crippen LogP contribution is -2.33. The third-order valence-corrected chi connectivity index (χ3v) is 6.76. The smallest absolute Gasteiger partial charge is 0.295 e. The van der Waals surface area contributed by atoms with Crippen molar-refractivity contribution in [3.8, 4) is 11.5 Å². The van der Waals surface area contributed by atoms with Gasteiger partial charge in [0.1, 0.15) is 11.3 Å². The number of hydrogen-bond donors (Lipinski definition) is 2. The zero-order valence-corrected chi connectivity index (χ0v) is 21.1. The van der Waals surface area contributed by atoms with Gasteiger partial charge in [0, 0.05) is 12.7 Å². The fourth-order valence-corrected chi connectivity index (χ4v) is 4.85. The topological polar surface area (TPSA) is 108 Å². The zero-order valence-electron chi connectivity index (χ0n) is 21.1. The Labute approximate surface area is 210 Å². The van der Waals surface area contributed by atoms with E-state index in [-0.39, 0.29) is 22.8 Å². The number of ether oxygens (including phenoxy) is 1. The molecule has 3 heterocycles. The third-order valence-electron chi connectivity index (χ3n) is 6.76. The summed E-state index contributed by atoms with van der Waals surface area (Å²) in [5, 5.41) is 21.7. The standard InChI is InChI=1S/C27H32N4O5/c1-5-29(6-2)13-9-15-31-24(18-11-12-19(32)20(16-18)36-4)22(26(34)27(31)35)25(33)23-17(3)28-21-10-7-8-14-30(21)23/h7-8,10-12,14,16,24,32-33H,5-6,9,13,15H2,1-4H3. The Kier molecular flexibility index (Phi) is 7.30. The van der Waals surface area contributed by atoms with E-state index in [0.29, 0.717) is 35.6 Å². The minimum Gasteiger partial charge on any atom is -0.505 e. The highest BCUT2D eigenvalue weighted by Gasteiger charge is 2.46. The minimum absolute atomic E-state index is 0.00987. The van der Waals surface area contributed by atoms with Gasteiger partial charge in [0.25, 0.3) is 11.7 Å². The molecule has 1 fully saturated rings. The van der Waals surface area contributed by atoms with E-state index < -0.39 is 17.7 Å². The highest BCUT2D eigenvalue weighted by atomic mass is 16.5. The summed E-state index contributed by atoms with van der Waals surface area (Å²) in [6.07, 6.45) is 2.41. The van der Waals surface area contributed by atoms with E-state index in [1.54, 1.807) is 41.8 Å². The largest absolute Gasteiger partial charge is 0.505 e. The first-order valence-electron chi connectivity index (χ1n) is 12.1. The van der Waals surface area contributed by atoms with Crippen LogP contribution in [0.1, 0.15) is 43.3 Å². The molecule has 1 atom stereocenters. The second kappa shape index (κ2) is 10.4. The van der Waals surface area contributed by atoms with E-state index >= 15 is 0 Å². The van der Waals surface area contributed by atoms with Crippen LogP contribution in [0.5, 0.6) is 11.5 Å². The maximum absolute atomic E-state index is 13.4. The molecular formula is C27H32N4O5. The van der Waals surface area contributed by atoms with Gasteiger partial charge in [-0.25, -0.2) is 4.98 Å². The van der Waals surface area contributed by atoms with E-state index in [1.807, 2.05) is 6.07 Å². The number of aromatic nitrogens is 2. The van der Waals surface area contributed by atoms with Crippen LogP contribution in [0, 0.1) is 6.92 Å². The summed E-state index contributed by atoms with van der Waals surface area (Å²) in [7, 11) is 1.43. The van der Waals surface area contributed by atoms with Gasteiger partial charge in [0.15, 0.2) is 17.3 Å². The number of aliphatic hydroxyl groups is 1. The van der Waals surface area contributed by atoms with Gasteiger partial charge in [-0.3, -0.25) is 14.0 Å². The van der Waals surface area contributed by atoms with Crippen LogP contribution in [-0.4, -0.2) is 74.4 Å². The summed E-state index contributed by atoms with van der Waals surface area (Å²) in [5.74, 6) is -1.55. The summed E-state index contributed by atoms with van der Waals surface area (Å²) in [4.78, 5) is 34.9. The number of aromatic hydroxyl groups is 1. The number of aliphatic hydroxyl groups excluding tert-OH is 1. The van der Waals surface area contributed by atoms with Crippen LogP contribution in [0.3, 0.4) is 0 Å². The molecule has 1 aromatic carbocycles. The number of imidazole rings is 1. The first-order valence-corrected chi connectivity index (χ1v) is 12.1. The average Bonchev–Trinajstić information content (AvgIpc) is 3.34. The Morgan fingerprint density at radius 3 is 2.61 bits per heavy atom. The molecular weight excluding hydrogens is 460 g/mol. The van der Waals surface area contributed by atoms with E-state index in [9.17, 15) is 19.8 Å². The summed E-state index contributed by atoms with van der Waals surface area (Å²) >= 11 is 0. The number of carbonyl (C=O) groups excluding carboxylic acids is 2. The number of phenolic OH excluding ortho intramolecular Hbond substituents is 1. The second-order valence-corrected chi connectivity index (χ2v) is 8.78. The number of rotatable bonds is 9. The molecule has 0 radical (unpaired) electrons. The molecule has 1 aliphatic heterocycles. The third kappa shape index (κ3) is 4.42. The molecule has 4 rings (SSSR count). The summed E-state index contributed by atoms with van der Waals surface area (Å²) in [5.41, 5.74) is 2.06. The molecule has 9 nitrogen and oxygen atoms in total. The summed E-state index contributed by atoms with van der Waals surface area (Å²) < 4.78 is 6.98. The number of aryl methyl sites for hydroxylation is 1. The summed E-state index contributed by atoms with van der Waals surface area (Å²) in [6, 6.07) is 9.30. The maximum atomic E-state index is 13.4. The summed E-state index contributed by atoms with van der Waals surface area (Å²) in [6.45, 7) is 8.79. The molecule has 0 spiro atoms. The van der Waals surface area contributed by atoms with Gasteiger partial charge in [0.05, 0.1) is 24.4 Å². The zero-order chi connectivity index (χ0) is 26.0. The number of methoxy groups -OCH3 is 1. The van der Waals surface area contributed by atoms with Gasteiger partial charge in [-0.2, -0.15) is 0 Å². The number of phenols is 1. The van der Waals surface area contributed by atoms with Crippen molar-refractivity contribution in [3.05, 3.63) is 65.1 Å². The molecule has 0 bridgehead atoms. The lowest BCUT2D eigenvalue weighted by molar-refractivity contribution is -0.140. The van der Waals surface area contributed by atoms with Crippen molar-refractivity contribution in [1.82, 2.24) is 19.2 Å². The minimum atomic E-state index is -0.843. The van der Waals surface area contributed by atoms with Crippen molar-refractivity contribution in [2.75, 3.05) is 33.3 Å². The lowest BCUT2D eigenvalue weighted by atomic mass is 9.95. The van der Waals surface area contributed by atoms with Crippen molar-refractivity contribution in [2.24, 2.45) is 0 Å². The van der Waals surface area contributed by atoms with Gasteiger partial charge < -0.3 is 24.7 Å². The van der Waals surface area contributed by atoms with Crippen LogP contribution in [0.2, 0.25) is 0 Å². The first kappa shape index (κ1) is 25.2. The van der Waals surface area contributed by atoms with Gasteiger partial charge in [-0.15, -0.1) is 0 Å². The number of ketones is 1. The number of likely N-dealkylation sites (tertiary alicyclic amines) is 1. The first-order chi connectivity index (χ1) is 17.3. The Bertz CT molecular complexity index is 1320. The van der Waals surface area contributed by atoms with Crippen LogP contribution < -0.4 is 4.74 Å². The number of nitrogens with zero attached hydrogens (tertiary/aromatic N) is 4. The number of fused-ring (bicyclic) bond motifs is 1. The number of amides is 1. The molecule has 1 unspecified atom stereocenters. The van der Waals surface area contributed by atoms with E-state index in [4.69, 9.17) is 4.74 Å². The lowest BCUT2D eigenvalue weighted by Gasteiger charge is -2.27. The number of Topliss-reactive ketones (excluding diaryl/α,β-unsaturated/α-hetero) is 1. The quantitative estimate of drug-likeness (QED) is 0.267. The van der Waals surface area contributed by atoms with Crippen molar-refractivity contribution in [3.63, 3.8) is 0 Å². The molecule has 1 aliphatic rings. The maximum Gasteiger partial charge on any atom is 0.295 e. The van der Waals surface area contributed by atoms with Gasteiger partial charge in [-0.05, 0) is 62.8 Å². The molecule has 36 heavy (non-hydrogen) atoms. The highest BCUT2D eigenvalue weighted by molar-refractivity contribution is 6.46. The monoisotopic (exact) mass is 492 g/mol. The number of hydrogen-bond acceptors (Lipinski definition) is 7. The van der Waals surface area contributed by atoms with Crippen molar-refractivity contribution >= 4 is 23.1 Å². The van der Waals surface area contributed by atoms with Crippen LogP contribution in [0.15, 0.2) is 48.2 Å². The Morgan fingerprint density at radius 2 is 1.92 bits per heavy atom. The van der Waals surface area contributed by atoms with Crippen LogP contribution in [0.25, 0.3) is 11.4 Å². The molecule has 1 amide bonds. The SMILES string of the molecule is CCN(CC)CCCN1C(=O)C(=O)C(=C(O)c2c(C)nc3ccccn23)C1c1ccc(O)c(OC)c1. The molecule has 9 heteroatoms. The fourth-order valence-electron chi connectivity index (χ4n) is 4.85. The van der Waals surface area contributed by atoms with Gasteiger partial charge in [-0.1, -0.05) is 26.0 Å². The second-order valence-electron chi connectivity index (χ2n) is 8.78. The molecule has 2 aromatic heterocycles. The highest BCUT2D eigenvalue weighted by Crippen LogP contribution is 2.42. The average molecular weight is 493 g/mol. The molecule has 1 saturated heterocycles. The number of carbonyl (C=O) groups is 2. The van der Waals surface area contributed by atoms with E-state index in [2.05, 4.69) is 23.7 Å². The van der Waals surface area contributed by atoms with Crippen molar-refractivity contribution in [1.29, 1.82) is 0 Å². The predicted molar refractivity (Wildman–Crippen MR) is 136 cm³/mol. The van der Waals surface area contributed by atoms with Crippen LogP contribution in [-0.2, 0) is 9.59 Å². The van der Waals surface area contributed by atoms with Crippen molar-refractivity contribution in [2.45, 2.75) is 33.2 Å². The van der Waals surface area contributed by atoms with Crippen LogP contribution in [0.4, 0.5) is 0 Å². The molecule has 0 saturated carbocycles. The molecule has 2 N–H and O–H groups in total. The Hall–Kier alpha value is -3.85. The number of pyridine rings is 1. The van der Waals surface area contributed by atoms with Crippen molar-refractivity contribution < 1.29 is 24.5 Å². The van der Waals surface area contributed by atoms with Gasteiger partial charge in [0.2, 0.25) is 0 Å². The van der Waals surface area contributed by atoms with E-state index in [1.165, 1.54) is 18.1 Å². The predicted octanol–water partition coefficient (Wildman–Crippen LogP) is 3.51. The molecule has 3 aromatic rings. The molecule has 190 valence electrons. The van der Waals surface area contributed by atoms with Crippen LogP contribution >= 0.6 is 0 Å². The van der Waals surface area contributed by atoms with E-state index in [0.717, 1.165) is 19.6 Å². The van der Waals surface area contributed by atoms with Gasteiger partial charge >= 0.3 is 0 Å². The fraction of sp³-hybridized carbons (Fsp3) is 0.370. The molecule has 0 aliphatic carbocycles. The Morgan fingerprint density at radius 1 is 1.17 bits per heavy atom.